The molecule has 0 amide bonds. The van der Waals surface area contributed by atoms with E-state index in [0.29, 0.717) is 0 Å². The van der Waals surface area contributed by atoms with Crippen molar-refractivity contribution in [2.24, 2.45) is 0 Å². The van der Waals surface area contributed by atoms with Crippen LogP contribution in [0.3, 0.4) is 0 Å². The van der Waals surface area contributed by atoms with Crippen molar-refractivity contribution >= 4 is 28.9 Å². The number of nitrogens with one attached hydrogen (secondary N) is 1. The largest absolute Gasteiger partial charge is 0.260 e. The molecule has 0 aliphatic carbocycles. The molecule has 0 aromatic heterocycles. The van der Waals surface area contributed by atoms with Crippen LogP contribution in [0.1, 0.15) is 6.92 Å². The monoisotopic (exact) mass is 121 g/mol. The molecule has 6 heavy (non-hydrogen) atoms. The van der Waals surface area contributed by atoms with Crippen molar-refractivity contribution < 1.29 is 0 Å². The lowest BCUT2D eigenvalue weighted by molar-refractivity contribution is 1.04. The Bertz CT molecular complexity index is 37.8. The minimum Gasteiger partial charge on any atom is -0.260 e. The molecule has 0 aromatic carbocycles. The quantitative estimate of drug-likeness (QED) is 0.342. The van der Waals surface area contributed by atoms with Gasteiger partial charge in [-0.25, -0.2) is 0 Å². The average Bonchev–Trinajstić information content (AvgIpc) is 1.61. The van der Waals surface area contributed by atoms with E-state index in [2.05, 4.69) is 16.9 Å². The normalized spacial score (nSPS) is 8.17. The average molecular weight is 121 g/mol. The smallest absolute Gasteiger partial charge is 0.0497 e. The van der Waals surface area contributed by atoms with E-state index >= 15 is 0 Å². The van der Waals surface area contributed by atoms with Crippen LogP contribution in [0.2, 0.25) is 0 Å². The minimum atomic E-state index is 0.970. The van der Waals surface area contributed by atoms with Crippen LogP contribution in [0.5, 0.6) is 0 Å². The van der Waals surface area contributed by atoms with Gasteiger partial charge in [0.1, 0.15) is 0 Å². The van der Waals surface area contributed by atoms with Crippen molar-refractivity contribution in [3.8, 4) is 0 Å². The molecule has 0 spiro atoms. The zero-order valence-electron chi connectivity index (χ0n) is 3.60. The molecule has 0 atom stereocenters. The molecule has 1 N–H and O–H groups in total. The number of hydrogen-bond donors (Lipinski definition) is 1. The fraction of sp³-hybridized carbons (Fsp3) is 0.667. The van der Waals surface area contributed by atoms with Gasteiger partial charge in [-0.05, 0) is 11.9 Å². The first-order valence-corrected chi connectivity index (χ1v) is 3.09. The van der Waals surface area contributed by atoms with Crippen molar-refractivity contribution in [1.82, 2.24) is 4.72 Å². The van der Waals surface area contributed by atoms with Crippen molar-refractivity contribution in [2.75, 3.05) is 6.54 Å². The Kier molecular flexibility index (Phi) is 5.76. The van der Waals surface area contributed by atoms with Gasteiger partial charge in [0.25, 0.3) is 0 Å². The molecule has 0 unspecified atom stereocenters. The number of rotatable bonds is 3. The van der Waals surface area contributed by atoms with E-state index in [-0.39, 0.29) is 0 Å². The fourth-order valence-corrected chi connectivity index (χ4v) is 0.556. The third-order valence-corrected chi connectivity index (χ3v) is 1.12. The van der Waals surface area contributed by atoms with Gasteiger partial charge in [-0.3, -0.25) is 4.72 Å². The minimum absolute atomic E-state index is 0.970. The van der Waals surface area contributed by atoms with Crippen molar-refractivity contribution in [2.45, 2.75) is 6.92 Å². The second-order valence-electron chi connectivity index (χ2n) is 0.712. The summed E-state index contributed by atoms with van der Waals surface area (Å²) in [6.45, 7) is 3.00. The molecule has 0 bridgehead atoms. The summed E-state index contributed by atoms with van der Waals surface area (Å²) in [5.74, 6) is 0. The molecule has 0 saturated carbocycles. The highest BCUT2D eigenvalue weighted by atomic mass is 32.2. The Morgan fingerprint density at radius 2 is 2.67 bits per heavy atom. The van der Waals surface area contributed by atoms with E-state index in [4.69, 9.17) is 0 Å². The van der Waals surface area contributed by atoms with Crippen LogP contribution < -0.4 is 4.72 Å². The van der Waals surface area contributed by atoms with Crippen molar-refractivity contribution in [1.29, 1.82) is 0 Å². The first-order chi connectivity index (χ1) is 2.91. The molecular weight excluding hydrogens is 114 g/mol. The van der Waals surface area contributed by atoms with Gasteiger partial charge in [0, 0.05) is 11.2 Å². The predicted octanol–water partition coefficient (Wildman–Crippen LogP) is 1.20. The Labute approximate surface area is 47.6 Å². The third kappa shape index (κ3) is 4.40. The van der Waals surface area contributed by atoms with E-state index in [0.717, 1.165) is 6.54 Å². The van der Waals surface area contributed by atoms with Crippen molar-refractivity contribution in [3.05, 3.63) is 0 Å². The van der Waals surface area contributed by atoms with Crippen LogP contribution in [0.15, 0.2) is 0 Å². The summed E-state index contributed by atoms with van der Waals surface area (Å²) in [5, 5.41) is 0. The van der Waals surface area contributed by atoms with E-state index in [1.807, 2.05) is 6.92 Å². The molecule has 0 saturated heterocycles. The van der Waals surface area contributed by atoms with Crippen LogP contribution >= 0.6 is 24.2 Å². The maximum absolute atomic E-state index is 4.49. The molecule has 0 aliphatic rings. The van der Waals surface area contributed by atoms with Gasteiger partial charge < -0.3 is 0 Å². The molecular formula is C3H7NS2. The summed E-state index contributed by atoms with van der Waals surface area (Å²) in [6.07, 6.45) is 0. The molecule has 36 valence electrons. The molecule has 0 heterocycles. The molecule has 0 aliphatic heterocycles. The maximum atomic E-state index is 4.49. The third-order valence-electron chi connectivity index (χ3n) is 0.276. The number of thiocarbonyl (C=S) groups is 1. The maximum Gasteiger partial charge on any atom is 0.0497 e. The highest BCUT2D eigenvalue weighted by Crippen LogP contribution is 1.81. The van der Waals surface area contributed by atoms with Gasteiger partial charge in [0.15, 0.2) is 0 Å². The zero-order chi connectivity index (χ0) is 4.83. The van der Waals surface area contributed by atoms with Gasteiger partial charge in [-0.1, -0.05) is 19.1 Å². The van der Waals surface area contributed by atoms with E-state index < -0.39 is 0 Å². The van der Waals surface area contributed by atoms with Crippen LogP contribution in [-0.4, -0.2) is 11.2 Å². The Hall–Kier alpha value is 0.400. The van der Waals surface area contributed by atoms with Gasteiger partial charge in [-0.2, -0.15) is 0 Å². The molecule has 0 aromatic rings. The van der Waals surface area contributed by atoms with E-state index in [1.165, 1.54) is 11.9 Å². The van der Waals surface area contributed by atoms with Crippen LogP contribution in [0.4, 0.5) is 0 Å². The highest BCUT2D eigenvalue weighted by molar-refractivity contribution is 8.19. The molecule has 0 rings (SSSR count). The Morgan fingerprint density at radius 1 is 2.00 bits per heavy atom. The molecule has 0 fully saturated rings. The van der Waals surface area contributed by atoms with Crippen LogP contribution in [0.25, 0.3) is 0 Å². The summed E-state index contributed by atoms with van der Waals surface area (Å²) in [7, 11) is 0. The van der Waals surface area contributed by atoms with Gasteiger partial charge in [0.05, 0.1) is 0 Å². The summed E-state index contributed by atoms with van der Waals surface area (Å²) >= 11 is 5.94. The second-order valence-corrected chi connectivity index (χ2v) is 2.01. The van der Waals surface area contributed by atoms with Crippen LogP contribution in [0, 0.1) is 0 Å². The van der Waals surface area contributed by atoms with E-state index in [9.17, 15) is 0 Å². The Balaban J connectivity index is 2.49. The standard InChI is InChI=1S/C3H7NS2/c1-2-4-6-3-5/h3-4H,2H2,1H3. The van der Waals surface area contributed by atoms with Gasteiger partial charge >= 0.3 is 0 Å². The highest BCUT2D eigenvalue weighted by Gasteiger charge is 1.68. The van der Waals surface area contributed by atoms with E-state index in [1.54, 1.807) is 4.70 Å². The lowest BCUT2D eigenvalue weighted by atomic mass is 10.8. The molecule has 0 radical (unpaired) electrons. The fourth-order valence-electron chi connectivity index (χ4n) is 0.117. The molecule has 3 heteroatoms. The summed E-state index contributed by atoms with van der Waals surface area (Å²) in [6, 6.07) is 0. The SMILES string of the molecule is CCNSC=S. The number of hydrogen-bond acceptors (Lipinski definition) is 3. The zero-order valence-corrected chi connectivity index (χ0v) is 5.23. The first-order valence-electron chi connectivity index (χ1n) is 1.74. The first kappa shape index (κ1) is 6.40. The Morgan fingerprint density at radius 3 is 2.83 bits per heavy atom. The summed E-state index contributed by atoms with van der Waals surface area (Å²) in [4.78, 5) is 0. The summed E-state index contributed by atoms with van der Waals surface area (Å²) in [5.41, 5.74) is 0. The van der Waals surface area contributed by atoms with Gasteiger partial charge in [0.2, 0.25) is 0 Å². The lowest BCUT2D eigenvalue weighted by Gasteiger charge is -1.86. The van der Waals surface area contributed by atoms with Crippen molar-refractivity contribution in [3.63, 3.8) is 0 Å². The predicted molar refractivity (Wildman–Crippen MR) is 34.9 cm³/mol. The van der Waals surface area contributed by atoms with Gasteiger partial charge in [-0.15, -0.1) is 0 Å². The molecule has 1 nitrogen and oxygen atoms in total. The summed E-state index contributed by atoms with van der Waals surface area (Å²) < 4.78 is 4.56. The lowest BCUT2D eigenvalue weighted by Crippen LogP contribution is -1.98. The van der Waals surface area contributed by atoms with Crippen LogP contribution in [-0.2, 0) is 0 Å². The topological polar surface area (TPSA) is 12.0 Å². The second kappa shape index (κ2) is 5.40.